The second-order valence-corrected chi connectivity index (χ2v) is 4.93. The van der Waals surface area contributed by atoms with Crippen LogP contribution in [-0.2, 0) is 0 Å². The molecule has 7 nitrogen and oxygen atoms in total. The van der Waals surface area contributed by atoms with Crippen molar-refractivity contribution in [3.05, 3.63) is 53.8 Å². The molecule has 8 heteroatoms. The van der Waals surface area contributed by atoms with E-state index in [-0.39, 0.29) is 0 Å². The lowest BCUT2D eigenvalue weighted by atomic mass is 10.3. The molecular weight excluding hydrogens is 300 g/mol. The van der Waals surface area contributed by atoms with Crippen molar-refractivity contribution in [2.24, 2.45) is 0 Å². The van der Waals surface area contributed by atoms with Crippen molar-refractivity contribution in [3.63, 3.8) is 0 Å². The van der Waals surface area contributed by atoms with E-state index in [1.807, 2.05) is 30.3 Å². The van der Waals surface area contributed by atoms with Gasteiger partial charge in [0.2, 0.25) is 0 Å². The normalized spacial score (nSPS) is 10.9. The highest BCUT2D eigenvalue weighted by atomic mass is 32.1. The van der Waals surface area contributed by atoms with E-state index >= 15 is 0 Å². The fraction of sp³-hybridized carbons (Fsp3) is 0. The fourth-order valence-electron chi connectivity index (χ4n) is 2.19. The molecule has 0 aliphatic carbocycles. The molecule has 0 radical (unpaired) electrons. The predicted octanol–water partition coefficient (Wildman–Crippen LogP) is 2.97. The van der Waals surface area contributed by atoms with E-state index in [0.717, 1.165) is 11.4 Å². The van der Waals surface area contributed by atoms with Gasteiger partial charge < -0.3 is 4.42 Å². The number of nitrogens with one attached hydrogen (secondary N) is 2. The second kappa shape index (κ2) is 5.08. The van der Waals surface area contributed by atoms with E-state index < -0.39 is 0 Å². The number of aromatic amines is 2. The zero-order valence-corrected chi connectivity index (χ0v) is 12.0. The molecule has 108 valence electrons. The Kier molecular flexibility index (Phi) is 2.94. The van der Waals surface area contributed by atoms with E-state index in [9.17, 15) is 0 Å². The smallest absolute Gasteiger partial charge is 0.200 e. The van der Waals surface area contributed by atoms with Crippen LogP contribution < -0.4 is 0 Å². The first kappa shape index (κ1) is 12.7. The minimum atomic E-state index is 0.477. The number of hydrogen-bond donors (Lipinski definition) is 2. The first-order valence-corrected chi connectivity index (χ1v) is 6.91. The number of pyridine rings is 1. The minimum absolute atomic E-state index is 0.477. The van der Waals surface area contributed by atoms with Gasteiger partial charge >= 0.3 is 0 Å². The molecule has 0 aromatic carbocycles. The van der Waals surface area contributed by atoms with Crippen LogP contribution in [0.2, 0.25) is 0 Å². The van der Waals surface area contributed by atoms with Crippen LogP contribution >= 0.6 is 12.2 Å². The lowest BCUT2D eigenvalue weighted by Gasteiger charge is -2.03. The van der Waals surface area contributed by atoms with Gasteiger partial charge in [-0.3, -0.25) is 19.7 Å². The van der Waals surface area contributed by atoms with Crippen LogP contribution in [0.3, 0.4) is 0 Å². The maximum absolute atomic E-state index is 5.35. The molecule has 0 aliphatic heterocycles. The molecule has 0 atom stereocenters. The molecule has 22 heavy (non-hydrogen) atoms. The first-order chi connectivity index (χ1) is 10.8. The molecule has 4 aromatic heterocycles. The molecule has 4 aromatic rings. The molecule has 0 spiro atoms. The standard InChI is InChI=1S/C14H10N6OS/c22-14-19-18-13(20(14)9-3-1-5-15-8-9)11-7-10(16-17-11)12-4-2-6-21-12/h1-8H,(H,16,17)(H,19,22). The Bertz CT molecular complexity index is 951. The van der Waals surface area contributed by atoms with Gasteiger partial charge in [-0.05, 0) is 42.5 Å². The number of rotatable bonds is 3. The van der Waals surface area contributed by atoms with E-state index in [1.54, 1.807) is 23.2 Å². The lowest BCUT2D eigenvalue weighted by Crippen LogP contribution is -1.98. The van der Waals surface area contributed by atoms with Crippen LogP contribution in [0.4, 0.5) is 0 Å². The number of furan rings is 1. The van der Waals surface area contributed by atoms with Crippen molar-refractivity contribution in [1.82, 2.24) is 29.9 Å². The number of H-pyrrole nitrogens is 2. The van der Waals surface area contributed by atoms with Gasteiger partial charge in [0, 0.05) is 6.20 Å². The minimum Gasteiger partial charge on any atom is -0.463 e. The van der Waals surface area contributed by atoms with E-state index in [2.05, 4.69) is 25.4 Å². The fourth-order valence-corrected chi connectivity index (χ4v) is 2.43. The zero-order valence-electron chi connectivity index (χ0n) is 11.2. The summed E-state index contributed by atoms with van der Waals surface area (Å²) in [5.41, 5.74) is 2.24. The SMILES string of the molecule is S=c1[nH]nc(-c2cc(-c3ccco3)[nH]n2)n1-c1cccnc1. The predicted molar refractivity (Wildman–Crippen MR) is 81.8 cm³/mol. The van der Waals surface area contributed by atoms with Crippen molar-refractivity contribution >= 4 is 12.2 Å². The van der Waals surface area contributed by atoms with Gasteiger partial charge in [-0.25, -0.2) is 0 Å². The Morgan fingerprint density at radius 2 is 2.09 bits per heavy atom. The summed E-state index contributed by atoms with van der Waals surface area (Å²) < 4.78 is 7.61. The average Bonchev–Trinajstić information content (AvgIpc) is 3.28. The van der Waals surface area contributed by atoms with Gasteiger partial charge in [0.1, 0.15) is 11.4 Å². The molecule has 0 saturated carbocycles. The Labute approximate surface area is 129 Å². The summed E-state index contributed by atoms with van der Waals surface area (Å²) in [7, 11) is 0. The van der Waals surface area contributed by atoms with Crippen LogP contribution in [0.5, 0.6) is 0 Å². The quantitative estimate of drug-likeness (QED) is 0.568. The summed E-state index contributed by atoms with van der Waals surface area (Å²) in [6.07, 6.45) is 5.03. The molecule has 0 bridgehead atoms. The van der Waals surface area contributed by atoms with Crippen LogP contribution in [0, 0.1) is 4.77 Å². The number of hydrogen-bond acceptors (Lipinski definition) is 5. The van der Waals surface area contributed by atoms with Crippen LogP contribution in [0.25, 0.3) is 28.7 Å². The van der Waals surface area contributed by atoms with E-state index in [4.69, 9.17) is 16.6 Å². The van der Waals surface area contributed by atoms with Gasteiger partial charge in [0.25, 0.3) is 0 Å². The largest absolute Gasteiger partial charge is 0.463 e. The zero-order chi connectivity index (χ0) is 14.9. The lowest BCUT2D eigenvalue weighted by molar-refractivity contribution is 0.580. The van der Waals surface area contributed by atoms with Crippen molar-refractivity contribution in [2.45, 2.75) is 0 Å². The Morgan fingerprint density at radius 3 is 2.86 bits per heavy atom. The van der Waals surface area contributed by atoms with Gasteiger partial charge in [-0.1, -0.05) is 0 Å². The molecule has 0 fully saturated rings. The molecule has 0 saturated heterocycles. The molecule has 0 unspecified atom stereocenters. The molecular formula is C14H10N6OS. The highest BCUT2D eigenvalue weighted by Crippen LogP contribution is 2.24. The number of nitrogens with zero attached hydrogens (tertiary/aromatic N) is 4. The van der Waals surface area contributed by atoms with E-state index in [0.29, 0.717) is 22.0 Å². The molecule has 0 amide bonds. The van der Waals surface area contributed by atoms with Crippen LogP contribution in [0.15, 0.2) is 53.4 Å². The van der Waals surface area contributed by atoms with Crippen molar-refractivity contribution in [3.8, 4) is 28.7 Å². The van der Waals surface area contributed by atoms with Crippen molar-refractivity contribution in [1.29, 1.82) is 0 Å². The monoisotopic (exact) mass is 310 g/mol. The maximum atomic E-state index is 5.35. The first-order valence-electron chi connectivity index (χ1n) is 6.50. The molecule has 0 aliphatic rings. The molecule has 2 N–H and O–H groups in total. The second-order valence-electron chi connectivity index (χ2n) is 4.54. The summed E-state index contributed by atoms with van der Waals surface area (Å²) in [6.45, 7) is 0. The third-order valence-corrected chi connectivity index (χ3v) is 3.44. The van der Waals surface area contributed by atoms with Crippen molar-refractivity contribution in [2.75, 3.05) is 0 Å². The third kappa shape index (κ3) is 2.06. The summed E-state index contributed by atoms with van der Waals surface area (Å²) in [4.78, 5) is 4.11. The van der Waals surface area contributed by atoms with Crippen LogP contribution in [0.1, 0.15) is 0 Å². The van der Waals surface area contributed by atoms with E-state index in [1.165, 1.54) is 0 Å². The van der Waals surface area contributed by atoms with Gasteiger partial charge in [-0.15, -0.1) is 0 Å². The molecule has 4 heterocycles. The topological polar surface area (TPSA) is 88.3 Å². The van der Waals surface area contributed by atoms with Gasteiger partial charge in [0.15, 0.2) is 16.4 Å². The summed E-state index contributed by atoms with van der Waals surface area (Å²) in [5.74, 6) is 1.31. The summed E-state index contributed by atoms with van der Waals surface area (Å²) in [5, 5.41) is 14.3. The average molecular weight is 310 g/mol. The van der Waals surface area contributed by atoms with Gasteiger partial charge in [0.05, 0.1) is 18.1 Å². The van der Waals surface area contributed by atoms with Crippen molar-refractivity contribution < 1.29 is 4.42 Å². The van der Waals surface area contributed by atoms with Crippen LogP contribution in [-0.4, -0.2) is 29.9 Å². The Balaban J connectivity index is 1.83. The summed E-state index contributed by atoms with van der Waals surface area (Å²) in [6, 6.07) is 9.28. The molecule has 4 rings (SSSR count). The highest BCUT2D eigenvalue weighted by molar-refractivity contribution is 7.71. The highest BCUT2D eigenvalue weighted by Gasteiger charge is 2.15. The number of aromatic nitrogens is 6. The third-order valence-electron chi connectivity index (χ3n) is 3.17. The summed E-state index contributed by atoms with van der Waals surface area (Å²) >= 11 is 5.30. The van der Waals surface area contributed by atoms with Gasteiger partial charge in [-0.2, -0.15) is 10.2 Å². The Hall–Kier alpha value is -3.00. The maximum Gasteiger partial charge on any atom is 0.200 e. The Morgan fingerprint density at radius 1 is 1.14 bits per heavy atom.